The third-order valence-electron chi connectivity index (χ3n) is 4.81. The van der Waals surface area contributed by atoms with E-state index in [1.165, 1.54) is 49.4 Å². The monoisotopic (exact) mass is 418 g/mol. The van der Waals surface area contributed by atoms with Gasteiger partial charge >= 0.3 is 6.18 Å². The molecule has 1 aliphatic rings. The van der Waals surface area contributed by atoms with E-state index in [1.807, 2.05) is 0 Å². The fraction of sp³-hybridized carbons (Fsp3) is 0.190. The quantitative estimate of drug-likeness (QED) is 0.454. The fourth-order valence-electron chi connectivity index (χ4n) is 3.39. The molecule has 0 aliphatic carbocycles. The zero-order valence-electron chi connectivity index (χ0n) is 15.9. The van der Waals surface area contributed by atoms with Gasteiger partial charge in [-0.1, -0.05) is 36.4 Å². The van der Waals surface area contributed by atoms with Crippen LogP contribution in [-0.2, 0) is 9.59 Å². The van der Waals surface area contributed by atoms with Crippen molar-refractivity contribution >= 4 is 23.4 Å². The van der Waals surface area contributed by atoms with E-state index in [2.05, 4.69) is 0 Å². The van der Waals surface area contributed by atoms with Crippen LogP contribution in [0.3, 0.4) is 0 Å². The number of hydrogen-bond donors (Lipinski definition) is 2. The molecule has 6 nitrogen and oxygen atoms in total. The highest BCUT2D eigenvalue weighted by atomic mass is 19.4. The van der Waals surface area contributed by atoms with Crippen LogP contribution in [0.1, 0.15) is 22.8 Å². The molecular formula is C21H17F3N2O4. The van der Waals surface area contributed by atoms with E-state index in [0.717, 1.165) is 6.92 Å². The molecule has 0 saturated carbocycles. The lowest BCUT2D eigenvalue weighted by atomic mass is 9.89. The number of benzene rings is 2. The number of nitrogens with zero attached hydrogens (tertiary/aromatic N) is 1. The summed E-state index contributed by atoms with van der Waals surface area (Å²) in [4.78, 5) is 39.0. The Bertz CT molecular complexity index is 1060. The predicted molar refractivity (Wildman–Crippen MR) is 102 cm³/mol. The summed E-state index contributed by atoms with van der Waals surface area (Å²) in [5.74, 6) is -5.32. The summed E-state index contributed by atoms with van der Waals surface area (Å²) >= 11 is 0. The Labute approximate surface area is 169 Å². The second-order valence-electron chi connectivity index (χ2n) is 6.76. The summed E-state index contributed by atoms with van der Waals surface area (Å²) in [6.45, 7) is 2.37. The maximum atomic E-state index is 14.4. The smallest absolute Gasteiger partial charge is 0.425 e. The first kappa shape index (κ1) is 21.1. The van der Waals surface area contributed by atoms with Crippen molar-refractivity contribution in [1.29, 1.82) is 0 Å². The lowest BCUT2D eigenvalue weighted by Gasteiger charge is -2.31. The van der Waals surface area contributed by atoms with Crippen LogP contribution in [0, 0.1) is 6.92 Å². The molecule has 0 unspecified atom stereocenters. The molecule has 1 fully saturated rings. The molecule has 1 aliphatic heterocycles. The first-order valence-electron chi connectivity index (χ1n) is 8.81. The van der Waals surface area contributed by atoms with Crippen LogP contribution in [0.2, 0.25) is 0 Å². The van der Waals surface area contributed by atoms with E-state index in [1.54, 1.807) is 17.4 Å². The predicted octanol–water partition coefficient (Wildman–Crippen LogP) is 3.43. The SMILES string of the molecule is C/C(O)=C1/C(=O)N(c2ccccc2)C(=O)[C@]1(NC(=O)c1ccccc1C)C(F)(F)F. The summed E-state index contributed by atoms with van der Waals surface area (Å²) in [5.41, 5.74) is -4.84. The van der Waals surface area contributed by atoms with Gasteiger partial charge in [-0.3, -0.25) is 14.4 Å². The number of hydrogen-bond acceptors (Lipinski definition) is 4. The van der Waals surface area contributed by atoms with Crippen LogP contribution in [0.5, 0.6) is 0 Å². The van der Waals surface area contributed by atoms with Crippen LogP contribution in [-0.4, -0.2) is 34.5 Å². The molecule has 2 aromatic carbocycles. The van der Waals surface area contributed by atoms with E-state index in [-0.39, 0.29) is 11.3 Å². The molecule has 156 valence electrons. The molecule has 3 amide bonds. The van der Waals surface area contributed by atoms with E-state index in [9.17, 15) is 32.7 Å². The number of allylic oxidation sites excluding steroid dienone is 1. The molecule has 0 spiro atoms. The summed E-state index contributed by atoms with van der Waals surface area (Å²) in [6.07, 6.45) is -5.42. The van der Waals surface area contributed by atoms with Crippen molar-refractivity contribution < 1.29 is 32.7 Å². The van der Waals surface area contributed by atoms with Gasteiger partial charge in [0, 0.05) is 5.56 Å². The molecule has 2 N–H and O–H groups in total. The molecule has 1 heterocycles. The van der Waals surface area contributed by atoms with Gasteiger partial charge in [0.05, 0.1) is 11.3 Å². The van der Waals surface area contributed by atoms with Crippen molar-refractivity contribution in [2.75, 3.05) is 4.90 Å². The topological polar surface area (TPSA) is 86.7 Å². The van der Waals surface area contributed by atoms with Crippen LogP contribution in [0.15, 0.2) is 65.9 Å². The minimum Gasteiger partial charge on any atom is -0.512 e. The van der Waals surface area contributed by atoms with Gasteiger partial charge in [0.15, 0.2) is 0 Å². The Hall–Kier alpha value is -3.62. The maximum Gasteiger partial charge on any atom is 0.425 e. The molecular weight excluding hydrogens is 401 g/mol. The van der Waals surface area contributed by atoms with Gasteiger partial charge < -0.3 is 10.4 Å². The number of rotatable bonds is 3. The number of para-hydroxylation sites is 1. The van der Waals surface area contributed by atoms with Crippen molar-refractivity contribution in [1.82, 2.24) is 5.32 Å². The van der Waals surface area contributed by atoms with Crippen molar-refractivity contribution in [3.63, 3.8) is 0 Å². The van der Waals surface area contributed by atoms with Gasteiger partial charge in [-0.25, -0.2) is 4.90 Å². The van der Waals surface area contributed by atoms with E-state index in [4.69, 9.17) is 0 Å². The minimum atomic E-state index is -5.42. The number of halogens is 3. The molecule has 1 saturated heterocycles. The first-order valence-corrected chi connectivity index (χ1v) is 8.81. The summed E-state index contributed by atoms with van der Waals surface area (Å²) in [5, 5.41) is 11.7. The van der Waals surface area contributed by atoms with E-state index < -0.39 is 40.8 Å². The fourth-order valence-corrected chi connectivity index (χ4v) is 3.39. The molecule has 0 radical (unpaired) electrons. The van der Waals surface area contributed by atoms with Gasteiger partial charge in [-0.05, 0) is 37.6 Å². The van der Waals surface area contributed by atoms with Crippen LogP contribution >= 0.6 is 0 Å². The van der Waals surface area contributed by atoms with Crippen molar-refractivity contribution in [3.05, 3.63) is 77.1 Å². The first-order chi connectivity index (χ1) is 14.0. The molecule has 1 atom stereocenters. The zero-order chi connectivity index (χ0) is 22.3. The zero-order valence-corrected chi connectivity index (χ0v) is 15.9. The van der Waals surface area contributed by atoms with Crippen LogP contribution in [0.4, 0.5) is 18.9 Å². The van der Waals surface area contributed by atoms with Gasteiger partial charge in [0.25, 0.3) is 23.3 Å². The number of aliphatic hydroxyl groups excluding tert-OH is 1. The molecule has 2 aromatic rings. The van der Waals surface area contributed by atoms with Crippen molar-refractivity contribution in [3.8, 4) is 0 Å². The summed E-state index contributed by atoms with van der Waals surface area (Å²) < 4.78 is 43.1. The Balaban J connectivity index is 2.22. The van der Waals surface area contributed by atoms with E-state index in [0.29, 0.717) is 10.5 Å². The van der Waals surface area contributed by atoms with Gasteiger partial charge in [-0.2, -0.15) is 13.2 Å². The number of aryl methyl sites for hydroxylation is 1. The number of carbonyl (C=O) groups is 3. The lowest BCUT2D eigenvalue weighted by molar-refractivity contribution is -0.184. The number of imide groups is 1. The Morgan fingerprint density at radius 1 is 1.03 bits per heavy atom. The molecule has 0 bridgehead atoms. The highest BCUT2D eigenvalue weighted by Gasteiger charge is 2.72. The maximum absolute atomic E-state index is 14.4. The third-order valence-corrected chi connectivity index (χ3v) is 4.81. The molecule has 0 aromatic heterocycles. The normalized spacial score (nSPS) is 21.0. The largest absolute Gasteiger partial charge is 0.512 e. The molecule has 30 heavy (non-hydrogen) atoms. The number of aliphatic hydroxyl groups is 1. The van der Waals surface area contributed by atoms with Crippen LogP contribution < -0.4 is 10.2 Å². The number of anilines is 1. The second-order valence-corrected chi connectivity index (χ2v) is 6.76. The van der Waals surface area contributed by atoms with Gasteiger partial charge in [0.2, 0.25) is 0 Å². The number of amides is 3. The third kappa shape index (κ3) is 3.12. The second kappa shape index (κ2) is 7.33. The average Bonchev–Trinajstić information content (AvgIpc) is 2.90. The van der Waals surface area contributed by atoms with E-state index >= 15 is 0 Å². The number of nitrogens with one attached hydrogen (secondary N) is 1. The molecule has 3 rings (SSSR count). The highest BCUT2D eigenvalue weighted by molar-refractivity contribution is 6.34. The van der Waals surface area contributed by atoms with Gasteiger partial charge in [0.1, 0.15) is 5.76 Å². The summed E-state index contributed by atoms with van der Waals surface area (Å²) in [7, 11) is 0. The standard InChI is InChI=1S/C21H17F3N2O4/c1-12-8-6-7-11-15(12)17(28)25-20(21(22,23)24)16(13(2)27)18(29)26(19(20)30)14-9-4-3-5-10-14/h3-11,27H,1-2H3,(H,25,28)/b16-13+/t20-/m0/s1. The Kier molecular flexibility index (Phi) is 5.15. The lowest BCUT2D eigenvalue weighted by Crippen LogP contribution is -2.64. The van der Waals surface area contributed by atoms with Crippen LogP contribution in [0.25, 0.3) is 0 Å². The average molecular weight is 418 g/mol. The van der Waals surface area contributed by atoms with Crippen molar-refractivity contribution in [2.45, 2.75) is 25.6 Å². The molecule has 9 heteroatoms. The summed E-state index contributed by atoms with van der Waals surface area (Å²) in [6, 6.07) is 12.8. The van der Waals surface area contributed by atoms with Gasteiger partial charge in [-0.15, -0.1) is 0 Å². The Morgan fingerprint density at radius 3 is 2.13 bits per heavy atom. The number of carbonyl (C=O) groups excluding carboxylic acids is 3. The van der Waals surface area contributed by atoms with Crippen molar-refractivity contribution in [2.24, 2.45) is 0 Å². The Morgan fingerprint density at radius 2 is 1.60 bits per heavy atom. The number of alkyl halides is 3. The minimum absolute atomic E-state index is 0.102. The highest BCUT2D eigenvalue weighted by Crippen LogP contribution is 2.45.